The standard InChI is InChI=1S/C10H14O2S/c1-7(11)9-8(5-6-13-9)12-10(2,3)4/h5-6H,1-4H3. The molecule has 72 valence electrons. The lowest BCUT2D eigenvalue weighted by Crippen LogP contribution is -2.23. The Kier molecular flexibility index (Phi) is 2.76. The van der Waals surface area contributed by atoms with Crippen LogP contribution in [-0.4, -0.2) is 11.4 Å². The van der Waals surface area contributed by atoms with E-state index in [0.717, 1.165) is 0 Å². The molecule has 0 saturated carbocycles. The first kappa shape index (κ1) is 10.3. The summed E-state index contributed by atoms with van der Waals surface area (Å²) in [6.45, 7) is 7.46. The monoisotopic (exact) mass is 198 g/mol. The molecule has 0 N–H and O–H groups in total. The molecule has 0 fully saturated rings. The van der Waals surface area contributed by atoms with Gasteiger partial charge in [0.1, 0.15) is 16.2 Å². The van der Waals surface area contributed by atoms with Crippen LogP contribution in [-0.2, 0) is 0 Å². The van der Waals surface area contributed by atoms with E-state index in [1.807, 2.05) is 32.2 Å². The van der Waals surface area contributed by atoms with Gasteiger partial charge in [-0.3, -0.25) is 4.79 Å². The van der Waals surface area contributed by atoms with Gasteiger partial charge in [-0.2, -0.15) is 0 Å². The summed E-state index contributed by atoms with van der Waals surface area (Å²) >= 11 is 1.42. The van der Waals surface area contributed by atoms with Crippen molar-refractivity contribution < 1.29 is 9.53 Å². The van der Waals surface area contributed by atoms with Crippen molar-refractivity contribution in [1.29, 1.82) is 0 Å². The van der Waals surface area contributed by atoms with Gasteiger partial charge in [-0.25, -0.2) is 0 Å². The van der Waals surface area contributed by atoms with Crippen LogP contribution in [0.25, 0.3) is 0 Å². The first-order chi connectivity index (χ1) is 5.90. The second-order valence-corrected chi connectivity index (χ2v) is 4.80. The maximum Gasteiger partial charge on any atom is 0.173 e. The Hall–Kier alpha value is -0.830. The van der Waals surface area contributed by atoms with Gasteiger partial charge in [0, 0.05) is 6.92 Å². The van der Waals surface area contributed by atoms with E-state index in [9.17, 15) is 4.79 Å². The van der Waals surface area contributed by atoms with Gasteiger partial charge < -0.3 is 4.74 Å². The largest absolute Gasteiger partial charge is 0.487 e. The molecule has 0 amide bonds. The van der Waals surface area contributed by atoms with Crippen molar-refractivity contribution in [3.05, 3.63) is 16.3 Å². The van der Waals surface area contributed by atoms with Crippen LogP contribution in [0.2, 0.25) is 0 Å². The van der Waals surface area contributed by atoms with Gasteiger partial charge in [-0.1, -0.05) is 0 Å². The predicted octanol–water partition coefficient (Wildman–Crippen LogP) is 3.13. The molecule has 2 nitrogen and oxygen atoms in total. The number of carbonyl (C=O) groups is 1. The van der Waals surface area contributed by atoms with Gasteiger partial charge in [0.25, 0.3) is 0 Å². The molecule has 0 saturated heterocycles. The lowest BCUT2D eigenvalue weighted by molar-refractivity contribution is 0.0997. The predicted molar refractivity (Wildman–Crippen MR) is 54.7 cm³/mol. The summed E-state index contributed by atoms with van der Waals surface area (Å²) in [6.07, 6.45) is 0. The number of carbonyl (C=O) groups excluding carboxylic acids is 1. The van der Waals surface area contributed by atoms with Crippen molar-refractivity contribution in [2.24, 2.45) is 0 Å². The topological polar surface area (TPSA) is 26.3 Å². The molecule has 0 atom stereocenters. The van der Waals surface area contributed by atoms with Crippen molar-refractivity contribution in [1.82, 2.24) is 0 Å². The zero-order valence-electron chi connectivity index (χ0n) is 8.38. The quantitative estimate of drug-likeness (QED) is 0.682. The number of rotatable bonds is 2. The zero-order chi connectivity index (χ0) is 10.1. The minimum atomic E-state index is -0.245. The van der Waals surface area contributed by atoms with Crippen molar-refractivity contribution in [2.75, 3.05) is 0 Å². The van der Waals surface area contributed by atoms with Crippen LogP contribution in [0, 0.1) is 0 Å². The summed E-state index contributed by atoms with van der Waals surface area (Å²) in [4.78, 5) is 11.8. The molecule has 1 heterocycles. The molecule has 0 aromatic carbocycles. The van der Waals surface area contributed by atoms with E-state index in [1.165, 1.54) is 11.3 Å². The average molecular weight is 198 g/mol. The third-order valence-electron chi connectivity index (χ3n) is 1.37. The van der Waals surface area contributed by atoms with Gasteiger partial charge in [-0.05, 0) is 32.2 Å². The van der Waals surface area contributed by atoms with Crippen LogP contribution in [0.1, 0.15) is 37.4 Å². The van der Waals surface area contributed by atoms with Crippen molar-refractivity contribution >= 4 is 17.1 Å². The first-order valence-corrected chi connectivity index (χ1v) is 5.05. The van der Waals surface area contributed by atoms with E-state index in [4.69, 9.17) is 4.74 Å². The number of hydrogen-bond donors (Lipinski definition) is 0. The molecule has 0 bridgehead atoms. The number of Topliss-reactive ketones (excluding diaryl/α,β-unsaturated/α-hetero) is 1. The van der Waals surface area contributed by atoms with Crippen molar-refractivity contribution in [3.63, 3.8) is 0 Å². The molecule has 3 heteroatoms. The van der Waals surface area contributed by atoms with Crippen molar-refractivity contribution in [2.45, 2.75) is 33.3 Å². The number of ether oxygens (including phenoxy) is 1. The third kappa shape index (κ3) is 2.84. The highest BCUT2D eigenvalue weighted by atomic mass is 32.1. The van der Waals surface area contributed by atoms with E-state index < -0.39 is 0 Å². The van der Waals surface area contributed by atoms with Crippen LogP contribution in [0.5, 0.6) is 5.75 Å². The molecule has 13 heavy (non-hydrogen) atoms. The van der Waals surface area contributed by atoms with Crippen LogP contribution in [0.15, 0.2) is 11.4 Å². The Morgan fingerprint density at radius 2 is 2.08 bits per heavy atom. The fraction of sp³-hybridized carbons (Fsp3) is 0.500. The number of hydrogen-bond acceptors (Lipinski definition) is 3. The summed E-state index contributed by atoms with van der Waals surface area (Å²) < 4.78 is 5.62. The van der Waals surface area contributed by atoms with Crippen LogP contribution in [0.3, 0.4) is 0 Å². The Morgan fingerprint density at radius 3 is 2.54 bits per heavy atom. The highest BCUT2D eigenvalue weighted by Gasteiger charge is 2.17. The molecule has 0 aliphatic carbocycles. The summed E-state index contributed by atoms with van der Waals surface area (Å²) in [5.74, 6) is 0.763. The maximum absolute atomic E-state index is 11.1. The van der Waals surface area contributed by atoms with Gasteiger partial charge in [0.05, 0.1) is 0 Å². The molecule has 0 aliphatic heterocycles. The minimum Gasteiger partial charge on any atom is -0.487 e. The third-order valence-corrected chi connectivity index (χ3v) is 2.36. The molecule has 0 aliphatic rings. The Bertz CT molecular complexity index is 307. The van der Waals surface area contributed by atoms with Crippen LogP contribution < -0.4 is 4.74 Å². The minimum absolute atomic E-state index is 0.0641. The zero-order valence-corrected chi connectivity index (χ0v) is 9.20. The van der Waals surface area contributed by atoms with Gasteiger partial charge in [-0.15, -0.1) is 11.3 Å². The fourth-order valence-corrected chi connectivity index (χ4v) is 1.68. The highest BCUT2D eigenvalue weighted by molar-refractivity contribution is 7.12. The maximum atomic E-state index is 11.1. The molecule has 1 rings (SSSR count). The van der Waals surface area contributed by atoms with Crippen LogP contribution >= 0.6 is 11.3 Å². The van der Waals surface area contributed by atoms with Gasteiger partial charge in [0.15, 0.2) is 5.78 Å². The summed E-state index contributed by atoms with van der Waals surface area (Å²) in [6, 6.07) is 1.84. The smallest absolute Gasteiger partial charge is 0.173 e. The van der Waals surface area contributed by atoms with Gasteiger partial charge in [0.2, 0.25) is 0 Å². The Labute approximate surface area is 82.5 Å². The normalized spacial score (nSPS) is 11.4. The molecule has 0 spiro atoms. The molecular formula is C10H14O2S. The Morgan fingerprint density at radius 1 is 1.46 bits per heavy atom. The van der Waals surface area contributed by atoms with Crippen LogP contribution in [0.4, 0.5) is 0 Å². The summed E-state index contributed by atoms with van der Waals surface area (Å²) in [5.41, 5.74) is -0.245. The van der Waals surface area contributed by atoms with E-state index in [1.54, 1.807) is 6.92 Å². The van der Waals surface area contributed by atoms with E-state index in [0.29, 0.717) is 10.6 Å². The molecule has 0 unspecified atom stereocenters. The van der Waals surface area contributed by atoms with E-state index >= 15 is 0 Å². The van der Waals surface area contributed by atoms with Gasteiger partial charge >= 0.3 is 0 Å². The average Bonchev–Trinajstić information content (AvgIpc) is 2.31. The molecular weight excluding hydrogens is 184 g/mol. The first-order valence-electron chi connectivity index (χ1n) is 4.17. The number of thiophene rings is 1. The van der Waals surface area contributed by atoms with E-state index in [-0.39, 0.29) is 11.4 Å². The lowest BCUT2D eigenvalue weighted by atomic mass is 10.2. The molecule has 1 aromatic rings. The highest BCUT2D eigenvalue weighted by Crippen LogP contribution is 2.28. The summed E-state index contributed by atoms with van der Waals surface area (Å²) in [5, 5.41) is 1.87. The second-order valence-electron chi connectivity index (χ2n) is 3.88. The molecule has 1 aromatic heterocycles. The SMILES string of the molecule is CC(=O)c1sccc1OC(C)(C)C. The second kappa shape index (κ2) is 3.50. The Balaban J connectivity index is 2.89. The fourth-order valence-electron chi connectivity index (χ4n) is 0.964. The summed E-state index contributed by atoms with van der Waals surface area (Å²) in [7, 11) is 0. The van der Waals surface area contributed by atoms with E-state index in [2.05, 4.69) is 0 Å². The number of ketones is 1. The molecule has 0 radical (unpaired) electrons. The van der Waals surface area contributed by atoms with Crippen molar-refractivity contribution in [3.8, 4) is 5.75 Å². The lowest BCUT2D eigenvalue weighted by Gasteiger charge is -2.20.